The molecule has 1 aliphatic heterocycles. The van der Waals surface area contributed by atoms with E-state index in [2.05, 4.69) is 0 Å². The highest BCUT2D eigenvalue weighted by Gasteiger charge is 2.39. The zero-order chi connectivity index (χ0) is 9.35. The van der Waals surface area contributed by atoms with Crippen LogP contribution in [-0.2, 0) is 4.79 Å². The number of nitrogens with two attached hydrogens (primary N) is 1. The van der Waals surface area contributed by atoms with Crippen LogP contribution in [0.3, 0.4) is 0 Å². The Bertz CT molecular complexity index is 191. The number of β-amino-alcohol motifs (C(OH)–C–C–N with tert-alkyl or cyclic N) is 1. The molecule has 0 aromatic carbocycles. The summed E-state index contributed by atoms with van der Waals surface area (Å²) < 4.78 is 0. The van der Waals surface area contributed by atoms with Crippen molar-refractivity contribution in [3.8, 4) is 0 Å². The van der Waals surface area contributed by atoms with Gasteiger partial charge in [-0.05, 0) is 0 Å². The highest BCUT2D eigenvalue weighted by atomic mass is 16.3. The van der Waals surface area contributed by atoms with Crippen LogP contribution in [0, 0.1) is 5.41 Å². The van der Waals surface area contributed by atoms with Crippen LogP contribution in [-0.4, -0.2) is 41.7 Å². The Morgan fingerprint density at radius 2 is 2.33 bits per heavy atom. The fourth-order valence-electron chi connectivity index (χ4n) is 1.44. The van der Waals surface area contributed by atoms with Crippen molar-refractivity contribution in [3.63, 3.8) is 0 Å². The zero-order valence-corrected chi connectivity index (χ0v) is 7.58. The van der Waals surface area contributed by atoms with E-state index in [1.165, 1.54) is 0 Å². The average molecular weight is 172 g/mol. The van der Waals surface area contributed by atoms with Crippen LogP contribution < -0.4 is 5.73 Å². The molecule has 3 N–H and O–H groups in total. The lowest BCUT2D eigenvalue weighted by atomic mass is 9.90. The maximum atomic E-state index is 11.1. The molecule has 1 amide bonds. The summed E-state index contributed by atoms with van der Waals surface area (Å²) in [5.41, 5.74) is 5.02. The molecule has 70 valence electrons. The number of hydrogen-bond donors (Lipinski definition) is 2. The highest BCUT2D eigenvalue weighted by molar-refractivity contribution is 5.78. The Morgan fingerprint density at radius 1 is 1.75 bits per heavy atom. The van der Waals surface area contributed by atoms with Crippen LogP contribution in [0.5, 0.6) is 0 Å². The van der Waals surface area contributed by atoms with Crippen molar-refractivity contribution >= 4 is 5.91 Å². The maximum absolute atomic E-state index is 11.1. The average Bonchev–Trinajstić information content (AvgIpc) is 2.25. The van der Waals surface area contributed by atoms with Gasteiger partial charge in [-0.25, -0.2) is 0 Å². The van der Waals surface area contributed by atoms with Gasteiger partial charge < -0.3 is 15.7 Å². The van der Waals surface area contributed by atoms with Gasteiger partial charge in [0.05, 0.1) is 12.6 Å². The second-order valence-electron chi connectivity index (χ2n) is 3.98. The number of aliphatic hydroxyl groups excluding tert-OH is 1. The van der Waals surface area contributed by atoms with E-state index >= 15 is 0 Å². The van der Waals surface area contributed by atoms with Gasteiger partial charge in [0, 0.05) is 18.5 Å². The van der Waals surface area contributed by atoms with Gasteiger partial charge in [0.15, 0.2) is 0 Å². The third-order valence-corrected chi connectivity index (χ3v) is 2.42. The quantitative estimate of drug-likeness (QED) is 0.543. The molecule has 0 saturated carbocycles. The fourth-order valence-corrected chi connectivity index (χ4v) is 1.44. The lowest BCUT2D eigenvalue weighted by Crippen LogP contribution is -2.35. The van der Waals surface area contributed by atoms with Crippen molar-refractivity contribution in [2.45, 2.75) is 20.0 Å². The molecular weight excluding hydrogens is 156 g/mol. The summed E-state index contributed by atoms with van der Waals surface area (Å²) in [6, 6.07) is 0. The molecule has 0 spiro atoms. The standard InChI is InChI=1S/C8H16N2O2/c1-8(2)5-10(4-6(8)11)7(12)3-9/h6,11H,3-5,9H2,1-2H3. The SMILES string of the molecule is CC1(C)CN(C(=O)CN)CC1O. The first kappa shape index (κ1) is 9.48. The minimum absolute atomic E-state index is 0.0306. The highest BCUT2D eigenvalue weighted by Crippen LogP contribution is 2.29. The predicted octanol–water partition coefficient (Wildman–Crippen LogP) is -0.826. The molecule has 4 heteroatoms. The van der Waals surface area contributed by atoms with Crippen molar-refractivity contribution < 1.29 is 9.90 Å². The van der Waals surface area contributed by atoms with Crippen molar-refractivity contribution in [3.05, 3.63) is 0 Å². The number of carbonyl (C=O) groups excluding carboxylic acids is 1. The molecule has 1 atom stereocenters. The zero-order valence-electron chi connectivity index (χ0n) is 7.58. The first-order chi connectivity index (χ1) is 5.47. The van der Waals surface area contributed by atoms with Gasteiger partial charge >= 0.3 is 0 Å². The minimum atomic E-state index is -0.423. The van der Waals surface area contributed by atoms with Gasteiger partial charge in [-0.15, -0.1) is 0 Å². The van der Waals surface area contributed by atoms with E-state index in [0.717, 1.165) is 0 Å². The molecule has 0 aromatic heterocycles. The summed E-state index contributed by atoms with van der Waals surface area (Å²) in [7, 11) is 0. The molecule has 4 nitrogen and oxygen atoms in total. The molecule has 1 fully saturated rings. The van der Waals surface area contributed by atoms with Crippen molar-refractivity contribution in [1.29, 1.82) is 0 Å². The predicted molar refractivity (Wildman–Crippen MR) is 45.4 cm³/mol. The van der Waals surface area contributed by atoms with Gasteiger partial charge in [0.1, 0.15) is 0 Å². The van der Waals surface area contributed by atoms with E-state index in [1.807, 2.05) is 13.8 Å². The monoisotopic (exact) mass is 172 g/mol. The van der Waals surface area contributed by atoms with Crippen LogP contribution in [0.15, 0.2) is 0 Å². The molecule has 0 aromatic rings. The lowest BCUT2D eigenvalue weighted by molar-refractivity contribution is -0.129. The fraction of sp³-hybridized carbons (Fsp3) is 0.875. The van der Waals surface area contributed by atoms with Crippen LogP contribution in [0.1, 0.15) is 13.8 Å². The van der Waals surface area contributed by atoms with Gasteiger partial charge in [-0.1, -0.05) is 13.8 Å². The van der Waals surface area contributed by atoms with Gasteiger partial charge in [-0.2, -0.15) is 0 Å². The summed E-state index contributed by atoms with van der Waals surface area (Å²) >= 11 is 0. The van der Waals surface area contributed by atoms with E-state index < -0.39 is 6.10 Å². The second-order valence-corrected chi connectivity index (χ2v) is 3.98. The third-order valence-electron chi connectivity index (χ3n) is 2.42. The molecular formula is C8H16N2O2. The van der Waals surface area contributed by atoms with Crippen molar-refractivity contribution in [2.24, 2.45) is 11.1 Å². The van der Waals surface area contributed by atoms with Gasteiger partial charge in [0.25, 0.3) is 0 Å². The maximum Gasteiger partial charge on any atom is 0.236 e. The van der Waals surface area contributed by atoms with E-state index in [0.29, 0.717) is 13.1 Å². The molecule has 0 aliphatic carbocycles. The first-order valence-electron chi connectivity index (χ1n) is 4.13. The van der Waals surface area contributed by atoms with Crippen LogP contribution in [0.2, 0.25) is 0 Å². The van der Waals surface area contributed by atoms with Gasteiger partial charge in [0.2, 0.25) is 5.91 Å². The number of aliphatic hydroxyl groups is 1. The molecule has 12 heavy (non-hydrogen) atoms. The van der Waals surface area contributed by atoms with Gasteiger partial charge in [-0.3, -0.25) is 4.79 Å². The van der Waals surface area contributed by atoms with Crippen LogP contribution >= 0.6 is 0 Å². The second kappa shape index (κ2) is 3.03. The van der Waals surface area contributed by atoms with E-state index in [1.54, 1.807) is 4.90 Å². The van der Waals surface area contributed by atoms with E-state index in [4.69, 9.17) is 5.73 Å². The summed E-state index contributed by atoms with van der Waals surface area (Å²) in [6.07, 6.45) is -0.423. The number of carbonyl (C=O) groups is 1. The van der Waals surface area contributed by atoms with Crippen molar-refractivity contribution in [1.82, 2.24) is 4.90 Å². The lowest BCUT2D eigenvalue weighted by Gasteiger charge is -2.20. The number of rotatable bonds is 1. The first-order valence-corrected chi connectivity index (χ1v) is 4.13. The molecule has 1 unspecified atom stereocenters. The number of hydrogen-bond acceptors (Lipinski definition) is 3. The largest absolute Gasteiger partial charge is 0.391 e. The molecule has 0 bridgehead atoms. The van der Waals surface area contributed by atoms with E-state index in [-0.39, 0.29) is 17.9 Å². The Kier molecular flexibility index (Phi) is 2.39. The Balaban J connectivity index is 2.60. The normalized spacial score (nSPS) is 27.7. The minimum Gasteiger partial charge on any atom is -0.391 e. The topological polar surface area (TPSA) is 66.6 Å². The summed E-state index contributed by atoms with van der Waals surface area (Å²) in [4.78, 5) is 12.8. The van der Waals surface area contributed by atoms with E-state index in [9.17, 15) is 9.90 Å². The molecule has 1 aliphatic rings. The Labute approximate surface area is 72.3 Å². The number of nitrogens with zero attached hydrogens (tertiary/aromatic N) is 1. The van der Waals surface area contributed by atoms with Crippen LogP contribution in [0.4, 0.5) is 0 Å². The summed E-state index contributed by atoms with van der Waals surface area (Å²) in [6.45, 7) is 4.94. The summed E-state index contributed by atoms with van der Waals surface area (Å²) in [5.74, 6) is -0.0837. The number of amides is 1. The molecule has 1 saturated heterocycles. The number of likely N-dealkylation sites (tertiary alicyclic amines) is 1. The summed E-state index contributed by atoms with van der Waals surface area (Å²) in [5, 5.41) is 9.54. The smallest absolute Gasteiger partial charge is 0.236 e. The van der Waals surface area contributed by atoms with Crippen molar-refractivity contribution in [2.75, 3.05) is 19.6 Å². The van der Waals surface area contributed by atoms with Crippen LogP contribution in [0.25, 0.3) is 0 Å². The molecule has 1 heterocycles. The molecule has 1 rings (SSSR count). The Hall–Kier alpha value is -0.610. The third kappa shape index (κ3) is 1.59. The Morgan fingerprint density at radius 3 is 2.67 bits per heavy atom. The molecule has 0 radical (unpaired) electrons.